The summed E-state index contributed by atoms with van der Waals surface area (Å²) in [5, 5.41) is 0. The molecule has 19 heavy (non-hydrogen) atoms. The molecule has 7 heteroatoms. The molecule has 0 N–H and O–H groups in total. The lowest BCUT2D eigenvalue weighted by Crippen LogP contribution is -2.46. The topological polar surface area (TPSA) is 65.1 Å². The Labute approximate surface area is 111 Å². The van der Waals surface area contributed by atoms with Crippen LogP contribution in [0.1, 0.15) is 6.92 Å². The number of fused-ring (bicyclic) bond motifs is 1. The SMILES string of the molecule is CC1COCCN1S(=O)(=O)c1ccc2c(c1)OCO2. The van der Waals surface area contributed by atoms with Crippen molar-refractivity contribution in [2.75, 3.05) is 26.6 Å². The Hall–Kier alpha value is -1.31. The molecule has 1 atom stereocenters. The van der Waals surface area contributed by atoms with Crippen molar-refractivity contribution in [2.45, 2.75) is 17.9 Å². The van der Waals surface area contributed by atoms with Gasteiger partial charge in [-0.2, -0.15) is 4.31 Å². The van der Waals surface area contributed by atoms with Crippen LogP contribution in [-0.2, 0) is 14.8 Å². The van der Waals surface area contributed by atoms with Crippen molar-refractivity contribution in [1.29, 1.82) is 0 Å². The number of ether oxygens (including phenoxy) is 3. The van der Waals surface area contributed by atoms with Gasteiger partial charge in [0, 0.05) is 18.7 Å². The molecule has 0 radical (unpaired) electrons. The van der Waals surface area contributed by atoms with Crippen LogP contribution < -0.4 is 9.47 Å². The van der Waals surface area contributed by atoms with Gasteiger partial charge in [0.05, 0.1) is 18.1 Å². The van der Waals surface area contributed by atoms with Gasteiger partial charge in [0.15, 0.2) is 11.5 Å². The Kier molecular flexibility index (Phi) is 3.12. The minimum atomic E-state index is -3.52. The molecule has 104 valence electrons. The Morgan fingerprint density at radius 3 is 2.84 bits per heavy atom. The third kappa shape index (κ3) is 2.18. The van der Waals surface area contributed by atoms with E-state index in [9.17, 15) is 8.42 Å². The highest BCUT2D eigenvalue weighted by atomic mass is 32.2. The summed E-state index contributed by atoms with van der Waals surface area (Å²) in [5.74, 6) is 1.05. The van der Waals surface area contributed by atoms with Crippen LogP contribution in [0.3, 0.4) is 0 Å². The summed E-state index contributed by atoms with van der Waals surface area (Å²) in [6.07, 6.45) is 0. The normalized spacial score (nSPS) is 23.5. The highest BCUT2D eigenvalue weighted by Gasteiger charge is 2.32. The molecule has 0 spiro atoms. The van der Waals surface area contributed by atoms with Crippen molar-refractivity contribution in [3.63, 3.8) is 0 Å². The third-order valence-electron chi connectivity index (χ3n) is 3.26. The van der Waals surface area contributed by atoms with Gasteiger partial charge >= 0.3 is 0 Å². The smallest absolute Gasteiger partial charge is 0.243 e. The van der Waals surface area contributed by atoms with Gasteiger partial charge < -0.3 is 14.2 Å². The molecule has 0 saturated carbocycles. The monoisotopic (exact) mass is 285 g/mol. The van der Waals surface area contributed by atoms with Gasteiger partial charge in [0.2, 0.25) is 16.8 Å². The van der Waals surface area contributed by atoms with Gasteiger partial charge in [0.1, 0.15) is 0 Å². The number of rotatable bonds is 2. The predicted molar refractivity (Wildman–Crippen MR) is 66.7 cm³/mol. The van der Waals surface area contributed by atoms with Crippen molar-refractivity contribution in [3.8, 4) is 11.5 Å². The van der Waals surface area contributed by atoms with Crippen molar-refractivity contribution in [3.05, 3.63) is 18.2 Å². The van der Waals surface area contributed by atoms with E-state index in [1.165, 1.54) is 10.4 Å². The molecule has 2 aliphatic rings. The first kappa shape index (κ1) is 12.7. The first-order valence-corrected chi connectivity index (χ1v) is 7.52. The van der Waals surface area contributed by atoms with Gasteiger partial charge in [-0.15, -0.1) is 0 Å². The average Bonchev–Trinajstić information content (AvgIpc) is 2.86. The number of benzene rings is 1. The fourth-order valence-corrected chi connectivity index (χ4v) is 3.86. The van der Waals surface area contributed by atoms with Gasteiger partial charge in [0.25, 0.3) is 0 Å². The molecule has 0 aliphatic carbocycles. The van der Waals surface area contributed by atoms with Crippen LogP contribution in [0.5, 0.6) is 11.5 Å². The van der Waals surface area contributed by atoms with E-state index in [4.69, 9.17) is 14.2 Å². The second-order valence-electron chi connectivity index (χ2n) is 4.55. The van der Waals surface area contributed by atoms with Gasteiger partial charge in [-0.3, -0.25) is 0 Å². The highest BCUT2D eigenvalue weighted by Crippen LogP contribution is 2.35. The van der Waals surface area contributed by atoms with Gasteiger partial charge in [-0.05, 0) is 19.1 Å². The number of sulfonamides is 1. The summed E-state index contributed by atoms with van der Waals surface area (Å²) in [4.78, 5) is 0.227. The molecular formula is C12H15NO5S. The Balaban J connectivity index is 1.95. The van der Waals surface area contributed by atoms with E-state index >= 15 is 0 Å². The highest BCUT2D eigenvalue weighted by molar-refractivity contribution is 7.89. The van der Waals surface area contributed by atoms with Crippen LogP contribution in [0.15, 0.2) is 23.1 Å². The second-order valence-corrected chi connectivity index (χ2v) is 6.45. The lowest BCUT2D eigenvalue weighted by atomic mass is 10.3. The Morgan fingerprint density at radius 2 is 2.05 bits per heavy atom. The van der Waals surface area contributed by atoms with E-state index in [2.05, 4.69) is 0 Å². The van der Waals surface area contributed by atoms with Crippen LogP contribution >= 0.6 is 0 Å². The zero-order valence-electron chi connectivity index (χ0n) is 10.5. The van der Waals surface area contributed by atoms with E-state index in [0.29, 0.717) is 31.3 Å². The molecule has 0 amide bonds. The van der Waals surface area contributed by atoms with Crippen LogP contribution in [0.25, 0.3) is 0 Å². The summed E-state index contributed by atoms with van der Waals surface area (Å²) < 4.78 is 42.3. The summed E-state index contributed by atoms with van der Waals surface area (Å²) in [7, 11) is -3.52. The number of hydrogen-bond acceptors (Lipinski definition) is 5. The van der Waals surface area contributed by atoms with Crippen LogP contribution in [0.2, 0.25) is 0 Å². The van der Waals surface area contributed by atoms with Gasteiger partial charge in [-0.25, -0.2) is 8.42 Å². The van der Waals surface area contributed by atoms with E-state index in [0.717, 1.165) is 0 Å². The van der Waals surface area contributed by atoms with Crippen molar-refractivity contribution in [2.24, 2.45) is 0 Å². The van der Waals surface area contributed by atoms with E-state index in [1.54, 1.807) is 12.1 Å². The molecule has 0 bridgehead atoms. The standard InChI is InChI=1S/C12H15NO5S/c1-9-7-16-5-4-13(9)19(14,15)10-2-3-11-12(6-10)18-8-17-11/h2-3,6,9H,4-5,7-8H2,1H3. The minimum absolute atomic E-state index is 0.132. The Bertz CT molecular complexity index is 586. The molecular weight excluding hydrogens is 270 g/mol. The molecule has 2 heterocycles. The third-order valence-corrected chi connectivity index (χ3v) is 5.27. The largest absolute Gasteiger partial charge is 0.454 e. The zero-order chi connectivity index (χ0) is 13.5. The van der Waals surface area contributed by atoms with E-state index < -0.39 is 10.0 Å². The molecule has 1 unspecified atom stereocenters. The predicted octanol–water partition coefficient (Wildman–Crippen LogP) is 0.825. The number of hydrogen-bond donors (Lipinski definition) is 0. The van der Waals surface area contributed by atoms with Crippen LogP contribution in [-0.4, -0.2) is 45.3 Å². The maximum absolute atomic E-state index is 12.6. The van der Waals surface area contributed by atoms with Crippen molar-refractivity contribution < 1.29 is 22.6 Å². The Morgan fingerprint density at radius 1 is 1.26 bits per heavy atom. The lowest BCUT2D eigenvalue weighted by molar-refractivity contribution is 0.0392. The molecule has 1 aromatic rings. The molecule has 1 saturated heterocycles. The summed E-state index contributed by atoms with van der Waals surface area (Å²) in [5.41, 5.74) is 0. The zero-order valence-corrected chi connectivity index (χ0v) is 11.4. The number of nitrogens with zero attached hydrogens (tertiary/aromatic N) is 1. The maximum atomic E-state index is 12.6. The van der Waals surface area contributed by atoms with Crippen LogP contribution in [0.4, 0.5) is 0 Å². The quantitative estimate of drug-likeness (QED) is 0.805. The summed E-state index contributed by atoms with van der Waals surface area (Å²) >= 11 is 0. The first-order valence-electron chi connectivity index (χ1n) is 6.08. The van der Waals surface area contributed by atoms with Gasteiger partial charge in [-0.1, -0.05) is 0 Å². The summed E-state index contributed by atoms with van der Waals surface area (Å²) in [6.45, 7) is 3.19. The van der Waals surface area contributed by atoms with E-state index in [-0.39, 0.29) is 17.7 Å². The number of morpholine rings is 1. The average molecular weight is 285 g/mol. The summed E-state index contributed by atoms with van der Waals surface area (Å²) in [6, 6.07) is 4.52. The van der Waals surface area contributed by atoms with Crippen molar-refractivity contribution >= 4 is 10.0 Å². The first-order chi connectivity index (χ1) is 9.09. The molecule has 0 aromatic heterocycles. The fraction of sp³-hybridized carbons (Fsp3) is 0.500. The molecule has 2 aliphatic heterocycles. The molecule has 1 aromatic carbocycles. The molecule has 6 nitrogen and oxygen atoms in total. The lowest BCUT2D eigenvalue weighted by Gasteiger charge is -2.32. The maximum Gasteiger partial charge on any atom is 0.243 e. The van der Waals surface area contributed by atoms with E-state index in [1.807, 2.05) is 6.92 Å². The van der Waals surface area contributed by atoms with Crippen LogP contribution in [0, 0.1) is 0 Å². The minimum Gasteiger partial charge on any atom is -0.454 e. The second kappa shape index (κ2) is 4.66. The fourth-order valence-electron chi connectivity index (χ4n) is 2.24. The molecule has 1 fully saturated rings. The van der Waals surface area contributed by atoms with Crippen molar-refractivity contribution in [1.82, 2.24) is 4.31 Å². The molecule has 3 rings (SSSR count).